The number of thioether (sulfide) groups is 1. The fraction of sp³-hybridized carbons (Fsp3) is 0.200. The lowest BCUT2D eigenvalue weighted by Crippen LogP contribution is -2.22. The zero-order valence-corrected chi connectivity index (χ0v) is 19.3. The highest BCUT2D eigenvalue weighted by Gasteiger charge is 2.20. The van der Waals surface area contributed by atoms with Gasteiger partial charge in [0.05, 0.1) is 5.25 Å². The molecule has 2 heterocycles. The first-order chi connectivity index (χ1) is 16.1. The summed E-state index contributed by atoms with van der Waals surface area (Å²) in [6.45, 7) is 5.09. The third kappa shape index (κ3) is 5.78. The van der Waals surface area contributed by atoms with Crippen LogP contribution in [0.1, 0.15) is 19.4 Å². The molecule has 1 N–H and O–H groups in total. The van der Waals surface area contributed by atoms with Crippen LogP contribution < -0.4 is 10.1 Å². The maximum Gasteiger partial charge on any atom is 0.237 e. The van der Waals surface area contributed by atoms with Crippen molar-refractivity contribution in [3.63, 3.8) is 0 Å². The monoisotopic (exact) mass is 459 g/mol. The summed E-state index contributed by atoms with van der Waals surface area (Å²) in [5, 5.41) is 11.9. The van der Waals surface area contributed by atoms with Gasteiger partial charge in [0.15, 0.2) is 11.0 Å². The molecule has 0 fully saturated rings. The van der Waals surface area contributed by atoms with Crippen molar-refractivity contribution in [2.45, 2.75) is 37.4 Å². The molecule has 4 aromatic rings. The van der Waals surface area contributed by atoms with Crippen LogP contribution in [0.3, 0.4) is 0 Å². The van der Waals surface area contributed by atoms with Crippen LogP contribution in [-0.2, 0) is 17.9 Å². The van der Waals surface area contributed by atoms with Crippen LogP contribution >= 0.6 is 11.8 Å². The van der Waals surface area contributed by atoms with Gasteiger partial charge in [0.25, 0.3) is 0 Å². The number of hydrogen-bond donors (Lipinski definition) is 1. The van der Waals surface area contributed by atoms with Crippen molar-refractivity contribution in [1.82, 2.24) is 19.7 Å². The van der Waals surface area contributed by atoms with E-state index in [1.165, 1.54) is 11.8 Å². The first-order valence-electron chi connectivity index (χ1n) is 10.7. The van der Waals surface area contributed by atoms with Gasteiger partial charge in [0, 0.05) is 30.2 Å². The predicted molar refractivity (Wildman–Crippen MR) is 130 cm³/mol. The fourth-order valence-electron chi connectivity index (χ4n) is 3.21. The summed E-state index contributed by atoms with van der Waals surface area (Å²) in [6, 6.07) is 21.2. The molecule has 2 aromatic carbocycles. The van der Waals surface area contributed by atoms with E-state index in [9.17, 15) is 4.79 Å². The van der Waals surface area contributed by atoms with Crippen LogP contribution in [0, 0.1) is 0 Å². The maximum atomic E-state index is 12.8. The van der Waals surface area contributed by atoms with Gasteiger partial charge in [-0.15, -0.1) is 10.2 Å². The molecular weight excluding hydrogens is 434 g/mol. The van der Waals surface area contributed by atoms with Crippen LogP contribution in [0.4, 0.5) is 5.69 Å². The topological polar surface area (TPSA) is 81.9 Å². The van der Waals surface area contributed by atoms with E-state index in [0.29, 0.717) is 24.0 Å². The van der Waals surface area contributed by atoms with Crippen LogP contribution in [0.15, 0.2) is 84.3 Å². The Kier molecular flexibility index (Phi) is 7.36. The number of pyridine rings is 1. The van der Waals surface area contributed by atoms with Crippen molar-refractivity contribution in [2.75, 3.05) is 5.32 Å². The molecule has 0 aliphatic rings. The number of rotatable bonds is 9. The Labute approximate surface area is 197 Å². The van der Waals surface area contributed by atoms with Crippen LogP contribution in [0.5, 0.6) is 5.75 Å². The quantitative estimate of drug-likeness (QED) is 0.353. The second-order valence-electron chi connectivity index (χ2n) is 7.33. The molecule has 0 saturated carbocycles. The van der Waals surface area contributed by atoms with Gasteiger partial charge < -0.3 is 14.6 Å². The number of aromatic nitrogens is 4. The van der Waals surface area contributed by atoms with Gasteiger partial charge in [0.1, 0.15) is 12.4 Å². The largest absolute Gasteiger partial charge is 0.489 e. The molecular formula is C25H25N5O2S. The number of benzene rings is 2. The molecule has 2 aromatic heterocycles. The molecule has 1 atom stereocenters. The third-order valence-corrected chi connectivity index (χ3v) is 6.07. The van der Waals surface area contributed by atoms with Crippen molar-refractivity contribution in [3.05, 3.63) is 84.7 Å². The van der Waals surface area contributed by atoms with E-state index in [0.717, 1.165) is 22.7 Å². The normalized spacial score (nSPS) is 11.7. The second-order valence-corrected chi connectivity index (χ2v) is 8.64. The van der Waals surface area contributed by atoms with E-state index in [4.69, 9.17) is 4.74 Å². The first kappa shape index (κ1) is 22.5. The van der Waals surface area contributed by atoms with Crippen molar-refractivity contribution in [3.8, 4) is 17.1 Å². The zero-order chi connectivity index (χ0) is 23.0. The smallest absolute Gasteiger partial charge is 0.237 e. The molecule has 7 nitrogen and oxygen atoms in total. The van der Waals surface area contributed by atoms with E-state index >= 15 is 0 Å². The van der Waals surface area contributed by atoms with E-state index in [1.54, 1.807) is 12.4 Å². The Morgan fingerprint density at radius 2 is 1.76 bits per heavy atom. The minimum atomic E-state index is -0.348. The van der Waals surface area contributed by atoms with E-state index in [-0.39, 0.29) is 11.2 Å². The molecule has 0 bridgehead atoms. The summed E-state index contributed by atoms with van der Waals surface area (Å²) in [5.41, 5.74) is 2.76. The number of carbonyl (C=O) groups is 1. The van der Waals surface area contributed by atoms with Crippen LogP contribution in [0.25, 0.3) is 11.4 Å². The lowest BCUT2D eigenvalue weighted by Gasteiger charge is -2.13. The molecule has 0 aliphatic carbocycles. The number of hydrogen-bond acceptors (Lipinski definition) is 6. The Balaban J connectivity index is 1.35. The number of carbonyl (C=O) groups excluding carboxylic acids is 1. The van der Waals surface area contributed by atoms with Gasteiger partial charge in [0.2, 0.25) is 5.91 Å². The maximum absolute atomic E-state index is 12.8. The zero-order valence-electron chi connectivity index (χ0n) is 18.5. The lowest BCUT2D eigenvalue weighted by molar-refractivity contribution is -0.115. The van der Waals surface area contributed by atoms with Crippen LogP contribution in [-0.4, -0.2) is 30.9 Å². The number of ether oxygens (including phenoxy) is 1. The summed E-state index contributed by atoms with van der Waals surface area (Å²) >= 11 is 1.38. The van der Waals surface area contributed by atoms with E-state index < -0.39 is 0 Å². The summed E-state index contributed by atoms with van der Waals surface area (Å²) in [6.07, 6.45) is 3.45. The molecule has 0 aliphatic heterocycles. The summed E-state index contributed by atoms with van der Waals surface area (Å²) in [4.78, 5) is 16.8. The Morgan fingerprint density at radius 3 is 2.45 bits per heavy atom. The van der Waals surface area contributed by atoms with E-state index in [1.807, 2.05) is 85.1 Å². The van der Waals surface area contributed by atoms with Crippen molar-refractivity contribution >= 4 is 23.4 Å². The highest BCUT2D eigenvalue weighted by Crippen LogP contribution is 2.27. The van der Waals surface area contributed by atoms with E-state index in [2.05, 4.69) is 20.5 Å². The van der Waals surface area contributed by atoms with Gasteiger partial charge in [-0.1, -0.05) is 42.1 Å². The molecule has 0 saturated heterocycles. The first-order valence-corrected chi connectivity index (χ1v) is 11.6. The number of nitrogens with one attached hydrogen (secondary N) is 1. The number of nitrogens with zero attached hydrogens (tertiary/aromatic N) is 4. The minimum absolute atomic E-state index is 0.103. The summed E-state index contributed by atoms with van der Waals surface area (Å²) in [7, 11) is 0. The molecule has 1 amide bonds. The summed E-state index contributed by atoms with van der Waals surface area (Å²) in [5.74, 6) is 1.41. The van der Waals surface area contributed by atoms with Crippen molar-refractivity contribution in [2.24, 2.45) is 0 Å². The highest BCUT2D eigenvalue weighted by molar-refractivity contribution is 8.00. The molecule has 0 unspecified atom stereocenters. The number of anilines is 1. The molecule has 0 radical (unpaired) electrons. The average molecular weight is 460 g/mol. The van der Waals surface area contributed by atoms with Crippen molar-refractivity contribution < 1.29 is 9.53 Å². The standard InChI is InChI=1S/C25H25N5O2S/c1-3-30-23(20-13-15-26-16-14-20)28-29-25(30)33-18(2)24(31)27-21-9-11-22(12-10-21)32-17-19-7-5-4-6-8-19/h4-16,18H,3,17H2,1-2H3,(H,27,31)/t18-/m0/s1. The summed E-state index contributed by atoms with van der Waals surface area (Å²) < 4.78 is 7.81. The van der Waals surface area contributed by atoms with Gasteiger partial charge in [-0.2, -0.15) is 0 Å². The average Bonchev–Trinajstić information content (AvgIpc) is 3.27. The Bertz CT molecular complexity index is 1180. The SMILES string of the molecule is CCn1c(S[C@@H](C)C(=O)Nc2ccc(OCc3ccccc3)cc2)nnc1-c1ccncc1. The predicted octanol–water partition coefficient (Wildman–Crippen LogP) is 5.06. The number of amides is 1. The molecule has 0 spiro atoms. The van der Waals surface area contributed by atoms with Gasteiger partial charge in [-0.05, 0) is 55.8 Å². The second kappa shape index (κ2) is 10.8. The fourth-order valence-corrected chi connectivity index (χ4v) is 4.12. The molecule has 33 heavy (non-hydrogen) atoms. The van der Waals surface area contributed by atoms with Gasteiger partial charge in [-0.3, -0.25) is 9.78 Å². The molecule has 8 heteroatoms. The Morgan fingerprint density at radius 1 is 1.03 bits per heavy atom. The minimum Gasteiger partial charge on any atom is -0.489 e. The lowest BCUT2D eigenvalue weighted by atomic mass is 10.2. The van der Waals surface area contributed by atoms with Gasteiger partial charge >= 0.3 is 0 Å². The molecule has 4 rings (SSSR count). The third-order valence-electron chi connectivity index (χ3n) is 4.99. The van der Waals surface area contributed by atoms with Gasteiger partial charge in [-0.25, -0.2) is 0 Å². The highest BCUT2D eigenvalue weighted by atomic mass is 32.2. The van der Waals surface area contributed by atoms with Crippen LogP contribution in [0.2, 0.25) is 0 Å². The molecule has 168 valence electrons. The Hall–Kier alpha value is -3.65. The van der Waals surface area contributed by atoms with Crippen molar-refractivity contribution in [1.29, 1.82) is 0 Å².